The molecule has 4 aromatic rings. The van der Waals surface area contributed by atoms with Gasteiger partial charge in [0.2, 0.25) is 0 Å². The lowest BCUT2D eigenvalue weighted by Gasteiger charge is -2.10. The fourth-order valence-corrected chi connectivity index (χ4v) is 3.89. The third-order valence-electron chi connectivity index (χ3n) is 5.65. The Morgan fingerprint density at radius 3 is 2.69 bits per heavy atom. The predicted octanol–water partition coefficient (Wildman–Crippen LogP) is 3.37. The summed E-state index contributed by atoms with van der Waals surface area (Å²) in [5.41, 5.74) is 10.5. The number of esters is 1. The number of carbonyl (C=O) groups excluding carboxylic acids is 1. The second-order valence-corrected chi connectivity index (χ2v) is 7.89. The summed E-state index contributed by atoms with van der Waals surface area (Å²) in [6.07, 6.45) is 5.09. The van der Waals surface area contributed by atoms with E-state index in [1.54, 1.807) is 19.5 Å². The fraction of sp³-hybridized carbons (Fsp3) is 0.240. The van der Waals surface area contributed by atoms with Crippen LogP contribution >= 0.6 is 0 Å². The molecule has 3 heterocycles. The van der Waals surface area contributed by atoms with Crippen LogP contribution in [0.3, 0.4) is 0 Å². The Labute approximate surface area is 202 Å². The molecule has 0 saturated carbocycles. The van der Waals surface area contributed by atoms with Crippen molar-refractivity contribution < 1.29 is 14.3 Å². The first-order valence-corrected chi connectivity index (χ1v) is 11.0. The van der Waals surface area contributed by atoms with Gasteiger partial charge in [0.25, 0.3) is 0 Å². The van der Waals surface area contributed by atoms with Gasteiger partial charge in [0.05, 0.1) is 20.0 Å². The van der Waals surface area contributed by atoms with Crippen molar-refractivity contribution in [2.45, 2.75) is 26.8 Å². The number of anilines is 1. The van der Waals surface area contributed by atoms with Gasteiger partial charge in [-0.2, -0.15) is 5.26 Å². The molecule has 0 saturated heterocycles. The van der Waals surface area contributed by atoms with E-state index in [1.165, 1.54) is 6.33 Å². The lowest BCUT2D eigenvalue weighted by Crippen LogP contribution is -2.10. The summed E-state index contributed by atoms with van der Waals surface area (Å²) in [5, 5.41) is 9.57. The first-order valence-electron chi connectivity index (χ1n) is 11.0. The summed E-state index contributed by atoms with van der Waals surface area (Å²) in [6.45, 7) is 4.57. The number of aromatic nitrogens is 5. The molecule has 0 aliphatic rings. The van der Waals surface area contributed by atoms with Crippen molar-refractivity contribution in [2.24, 2.45) is 0 Å². The number of fused-ring (bicyclic) bond motifs is 1. The molecular formula is C25H25N7O3. The standard InChI is InChI=1S/C25H25N7O3/c1-16-11-18(17(2)32(16)20-5-7-21(34-3)8-6-20)12-19(13-26)25(33)35-10-4-9-31-15-30-22-23(27)28-14-29-24(22)31/h5-8,11-12,14-15H,4,9-10H2,1-3H3,(H2,27,28,29)/b19-12-. The van der Waals surface area contributed by atoms with Crippen LogP contribution in [-0.4, -0.2) is 43.8 Å². The molecule has 10 heteroatoms. The van der Waals surface area contributed by atoms with Gasteiger partial charge in [-0.15, -0.1) is 0 Å². The Bertz CT molecular complexity index is 1440. The Morgan fingerprint density at radius 2 is 1.97 bits per heavy atom. The minimum atomic E-state index is -0.663. The van der Waals surface area contributed by atoms with Crippen molar-refractivity contribution in [2.75, 3.05) is 19.5 Å². The Kier molecular flexibility index (Phi) is 6.78. The van der Waals surface area contributed by atoms with Gasteiger partial charge < -0.3 is 24.3 Å². The monoisotopic (exact) mass is 471 g/mol. The van der Waals surface area contributed by atoms with Gasteiger partial charge in [-0.1, -0.05) is 0 Å². The van der Waals surface area contributed by atoms with Crippen molar-refractivity contribution in [1.82, 2.24) is 24.1 Å². The number of nitrogens with two attached hydrogens (primary N) is 1. The lowest BCUT2D eigenvalue weighted by atomic mass is 10.1. The molecule has 0 radical (unpaired) electrons. The minimum Gasteiger partial charge on any atom is -0.497 e. The summed E-state index contributed by atoms with van der Waals surface area (Å²) in [4.78, 5) is 24.9. The van der Waals surface area contributed by atoms with Crippen molar-refractivity contribution in [3.05, 3.63) is 65.5 Å². The van der Waals surface area contributed by atoms with Gasteiger partial charge in [0.1, 0.15) is 29.2 Å². The number of methoxy groups -OCH3 is 1. The predicted molar refractivity (Wildman–Crippen MR) is 131 cm³/mol. The van der Waals surface area contributed by atoms with Crippen LogP contribution < -0.4 is 10.5 Å². The third-order valence-corrected chi connectivity index (χ3v) is 5.65. The lowest BCUT2D eigenvalue weighted by molar-refractivity contribution is -0.138. The zero-order valence-electron chi connectivity index (χ0n) is 19.7. The molecule has 1 aromatic carbocycles. The number of nitrogens with zero attached hydrogens (tertiary/aromatic N) is 6. The summed E-state index contributed by atoms with van der Waals surface area (Å²) >= 11 is 0. The van der Waals surface area contributed by atoms with Crippen LogP contribution in [-0.2, 0) is 16.1 Å². The van der Waals surface area contributed by atoms with Crippen molar-refractivity contribution >= 4 is 29.0 Å². The summed E-state index contributed by atoms with van der Waals surface area (Å²) in [7, 11) is 1.62. The number of ether oxygens (including phenoxy) is 2. The first-order chi connectivity index (χ1) is 16.9. The average molecular weight is 472 g/mol. The van der Waals surface area contributed by atoms with E-state index in [1.807, 2.05) is 54.8 Å². The molecule has 0 atom stereocenters. The number of aryl methyl sites for hydroxylation is 2. The highest BCUT2D eigenvalue weighted by molar-refractivity contribution is 5.98. The molecule has 0 spiro atoms. The Balaban J connectivity index is 1.42. The fourth-order valence-electron chi connectivity index (χ4n) is 3.89. The van der Waals surface area contributed by atoms with Crippen LogP contribution in [0.4, 0.5) is 5.82 Å². The highest BCUT2D eigenvalue weighted by atomic mass is 16.5. The van der Waals surface area contributed by atoms with Gasteiger partial charge in [-0.3, -0.25) is 0 Å². The third kappa shape index (κ3) is 4.84. The zero-order valence-corrected chi connectivity index (χ0v) is 19.7. The maximum Gasteiger partial charge on any atom is 0.348 e. The van der Waals surface area contributed by atoms with E-state index >= 15 is 0 Å². The molecule has 35 heavy (non-hydrogen) atoms. The van der Waals surface area contributed by atoms with Gasteiger partial charge in [-0.25, -0.2) is 19.7 Å². The van der Waals surface area contributed by atoms with Gasteiger partial charge in [-0.05, 0) is 62.2 Å². The quantitative estimate of drug-likeness (QED) is 0.179. The molecule has 0 aliphatic carbocycles. The number of nitriles is 1. The number of hydrogen-bond donors (Lipinski definition) is 1. The van der Waals surface area contributed by atoms with Crippen molar-refractivity contribution in [1.29, 1.82) is 5.26 Å². The summed E-state index contributed by atoms with van der Waals surface area (Å²) in [6, 6.07) is 11.6. The van der Waals surface area contributed by atoms with Crippen LogP contribution in [0.25, 0.3) is 22.9 Å². The van der Waals surface area contributed by atoms with Crippen LogP contribution in [0, 0.1) is 25.2 Å². The molecule has 0 fully saturated rings. The largest absolute Gasteiger partial charge is 0.497 e. The highest BCUT2D eigenvalue weighted by Crippen LogP contribution is 2.24. The van der Waals surface area contributed by atoms with Crippen LogP contribution in [0.15, 0.2) is 48.6 Å². The number of hydrogen-bond acceptors (Lipinski definition) is 8. The second-order valence-electron chi connectivity index (χ2n) is 7.89. The van der Waals surface area contributed by atoms with Gasteiger partial charge in [0.15, 0.2) is 11.5 Å². The highest BCUT2D eigenvalue weighted by Gasteiger charge is 2.15. The molecule has 4 rings (SSSR count). The molecule has 0 unspecified atom stereocenters. The number of rotatable bonds is 8. The van der Waals surface area contributed by atoms with E-state index in [-0.39, 0.29) is 12.2 Å². The minimum absolute atomic E-state index is 0.0615. The number of nitrogen functional groups attached to an aromatic ring is 1. The summed E-state index contributed by atoms with van der Waals surface area (Å²) in [5.74, 6) is 0.420. The molecule has 178 valence electrons. The van der Waals surface area contributed by atoms with Crippen LogP contribution in [0.5, 0.6) is 5.75 Å². The van der Waals surface area contributed by atoms with Crippen LogP contribution in [0.2, 0.25) is 0 Å². The maximum absolute atomic E-state index is 12.6. The molecule has 2 N–H and O–H groups in total. The van der Waals surface area contributed by atoms with Crippen molar-refractivity contribution in [3.63, 3.8) is 0 Å². The van der Waals surface area contributed by atoms with Gasteiger partial charge >= 0.3 is 5.97 Å². The Hall–Kier alpha value is -4.65. The van der Waals surface area contributed by atoms with Crippen LogP contribution in [0.1, 0.15) is 23.4 Å². The van der Waals surface area contributed by atoms with E-state index in [9.17, 15) is 10.1 Å². The Morgan fingerprint density at radius 1 is 1.20 bits per heavy atom. The van der Waals surface area contributed by atoms with Crippen molar-refractivity contribution in [3.8, 4) is 17.5 Å². The SMILES string of the molecule is COc1ccc(-n2c(C)cc(/C=C(/C#N)C(=O)OCCCn3cnc4c(N)ncnc43)c2C)cc1. The first kappa shape index (κ1) is 23.5. The molecule has 3 aromatic heterocycles. The molecule has 0 amide bonds. The number of benzene rings is 1. The average Bonchev–Trinajstić information content (AvgIpc) is 3.40. The smallest absolute Gasteiger partial charge is 0.348 e. The molecular weight excluding hydrogens is 446 g/mol. The van der Waals surface area contributed by atoms with E-state index in [0.29, 0.717) is 29.9 Å². The van der Waals surface area contributed by atoms with E-state index < -0.39 is 5.97 Å². The number of carbonyl (C=O) groups is 1. The van der Waals surface area contributed by atoms with Gasteiger partial charge in [0, 0.05) is 23.6 Å². The molecule has 10 nitrogen and oxygen atoms in total. The summed E-state index contributed by atoms with van der Waals surface area (Å²) < 4.78 is 14.4. The number of imidazole rings is 1. The molecule has 0 bridgehead atoms. The molecule has 0 aliphatic heterocycles. The maximum atomic E-state index is 12.6. The normalized spacial score (nSPS) is 11.4. The second kappa shape index (κ2) is 10.1. The van der Waals surface area contributed by atoms with E-state index in [4.69, 9.17) is 15.2 Å². The zero-order chi connectivity index (χ0) is 24.9. The topological polar surface area (TPSA) is 134 Å². The van der Waals surface area contributed by atoms with E-state index in [2.05, 4.69) is 19.5 Å². The van der Waals surface area contributed by atoms with E-state index in [0.717, 1.165) is 28.4 Å².